The van der Waals surface area contributed by atoms with Crippen molar-refractivity contribution < 1.29 is 4.79 Å². The Morgan fingerprint density at radius 2 is 1.85 bits per heavy atom. The SMILES string of the molecule is O=C(CCCC[C@@H]1CCSS1)NCc1ccc(CN2CCCCC2)cc1. The monoisotopic (exact) mass is 392 g/mol. The highest BCUT2D eigenvalue weighted by atomic mass is 33.1. The van der Waals surface area contributed by atoms with Crippen molar-refractivity contribution >= 4 is 27.5 Å². The second-order valence-corrected chi connectivity index (χ2v) is 10.3. The average molecular weight is 393 g/mol. The molecule has 1 amide bonds. The van der Waals surface area contributed by atoms with Crippen molar-refractivity contribution in [2.75, 3.05) is 18.8 Å². The van der Waals surface area contributed by atoms with Crippen molar-refractivity contribution in [3.05, 3.63) is 35.4 Å². The zero-order valence-electron chi connectivity index (χ0n) is 15.8. The van der Waals surface area contributed by atoms with E-state index in [-0.39, 0.29) is 5.91 Å². The predicted molar refractivity (Wildman–Crippen MR) is 114 cm³/mol. The topological polar surface area (TPSA) is 32.3 Å². The van der Waals surface area contributed by atoms with Gasteiger partial charge in [-0.2, -0.15) is 0 Å². The van der Waals surface area contributed by atoms with Crippen molar-refractivity contribution in [1.82, 2.24) is 10.2 Å². The number of hydrogen-bond acceptors (Lipinski definition) is 4. The van der Waals surface area contributed by atoms with E-state index in [1.165, 1.54) is 68.5 Å². The number of rotatable bonds is 9. The van der Waals surface area contributed by atoms with Crippen LogP contribution in [0.3, 0.4) is 0 Å². The van der Waals surface area contributed by atoms with E-state index in [0.29, 0.717) is 13.0 Å². The van der Waals surface area contributed by atoms with E-state index in [0.717, 1.165) is 18.2 Å². The molecule has 144 valence electrons. The molecule has 1 aromatic rings. The molecule has 2 heterocycles. The van der Waals surface area contributed by atoms with Crippen LogP contribution in [0.4, 0.5) is 0 Å². The smallest absolute Gasteiger partial charge is 0.220 e. The van der Waals surface area contributed by atoms with Gasteiger partial charge in [-0.1, -0.05) is 58.7 Å². The van der Waals surface area contributed by atoms with Crippen molar-refractivity contribution in [2.24, 2.45) is 0 Å². The van der Waals surface area contributed by atoms with Gasteiger partial charge in [-0.25, -0.2) is 0 Å². The lowest BCUT2D eigenvalue weighted by molar-refractivity contribution is -0.121. The van der Waals surface area contributed by atoms with Crippen LogP contribution in [-0.2, 0) is 17.9 Å². The van der Waals surface area contributed by atoms with E-state index in [4.69, 9.17) is 0 Å². The molecule has 26 heavy (non-hydrogen) atoms. The van der Waals surface area contributed by atoms with Crippen molar-refractivity contribution in [2.45, 2.75) is 69.7 Å². The van der Waals surface area contributed by atoms with Gasteiger partial charge >= 0.3 is 0 Å². The van der Waals surface area contributed by atoms with Gasteiger partial charge in [0, 0.05) is 30.5 Å². The average Bonchev–Trinajstić information content (AvgIpc) is 3.19. The van der Waals surface area contributed by atoms with Gasteiger partial charge in [0.25, 0.3) is 0 Å². The maximum atomic E-state index is 12.0. The molecule has 0 aliphatic carbocycles. The lowest BCUT2D eigenvalue weighted by Crippen LogP contribution is -2.29. The Morgan fingerprint density at radius 1 is 1.08 bits per heavy atom. The van der Waals surface area contributed by atoms with E-state index in [9.17, 15) is 4.79 Å². The summed E-state index contributed by atoms with van der Waals surface area (Å²) in [7, 11) is 4.03. The molecule has 1 atom stereocenters. The third-order valence-corrected chi connectivity index (χ3v) is 8.28. The van der Waals surface area contributed by atoms with Gasteiger partial charge in [-0.3, -0.25) is 9.69 Å². The van der Waals surface area contributed by atoms with Crippen molar-refractivity contribution in [3.63, 3.8) is 0 Å². The number of piperidine rings is 1. The van der Waals surface area contributed by atoms with E-state index >= 15 is 0 Å². The van der Waals surface area contributed by atoms with Crippen LogP contribution in [0.15, 0.2) is 24.3 Å². The molecular weight excluding hydrogens is 360 g/mol. The maximum Gasteiger partial charge on any atom is 0.220 e. The molecule has 0 spiro atoms. The van der Waals surface area contributed by atoms with Gasteiger partial charge in [-0.15, -0.1) is 0 Å². The van der Waals surface area contributed by atoms with Crippen LogP contribution < -0.4 is 5.32 Å². The first kappa shape index (κ1) is 20.1. The maximum absolute atomic E-state index is 12.0. The summed E-state index contributed by atoms with van der Waals surface area (Å²) >= 11 is 0. The molecule has 1 aromatic carbocycles. The van der Waals surface area contributed by atoms with E-state index in [1.54, 1.807) is 0 Å². The molecule has 2 aliphatic heterocycles. The fourth-order valence-electron chi connectivity index (χ4n) is 3.65. The summed E-state index contributed by atoms with van der Waals surface area (Å²) in [5.74, 6) is 1.49. The van der Waals surface area contributed by atoms with Gasteiger partial charge < -0.3 is 5.32 Å². The first-order chi connectivity index (χ1) is 12.8. The Bertz CT molecular complexity index is 537. The van der Waals surface area contributed by atoms with E-state index in [2.05, 4.69) is 34.5 Å². The van der Waals surface area contributed by atoms with Gasteiger partial charge in [0.1, 0.15) is 0 Å². The zero-order valence-corrected chi connectivity index (χ0v) is 17.4. The lowest BCUT2D eigenvalue weighted by Gasteiger charge is -2.26. The molecular formula is C21H32N2OS2. The van der Waals surface area contributed by atoms with E-state index in [1.807, 2.05) is 21.6 Å². The summed E-state index contributed by atoms with van der Waals surface area (Å²) in [6, 6.07) is 8.75. The Balaban J connectivity index is 1.29. The number of hydrogen-bond donors (Lipinski definition) is 1. The number of benzene rings is 1. The number of nitrogens with one attached hydrogen (secondary N) is 1. The Hall–Kier alpha value is -0.650. The summed E-state index contributed by atoms with van der Waals surface area (Å²) in [5, 5.41) is 3.90. The molecule has 0 saturated carbocycles. The van der Waals surface area contributed by atoms with Crippen LogP contribution in [0.2, 0.25) is 0 Å². The van der Waals surface area contributed by atoms with Crippen molar-refractivity contribution in [1.29, 1.82) is 0 Å². The molecule has 0 unspecified atom stereocenters. The molecule has 3 nitrogen and oxygen atoms in total. The zero-order chi connectivity index (χ0) is 18.0. The number of unbranched alkanes of at least 4 members (excludes halogenated alkanes) is 1. The molecule has 1 N–H and O–H groups in total. The lowest BCUT2D eigenvalue weighted by atomic mass is 10.1. The fourth-order valence-corrected chi connectivity index (χ4v) is 6.68. The summed E-state index contributed by atoms with van der Waals surface area (Å²) in [6.45, 7) is 4.18. The molecule has 0 aromatic heterocycles. The highest BCUT2D eigenvalue weighted by Gasteiger charge is 2.15. The second kappa shape index (κ2) is 11.3. The summed E-state index contributed by atoms with van der Waals surface area (Å²) in [4.78, 5) is 14.6. The van der Waals surface area contributed by atoms with Crippen LogP contribution in [-0.4, -0.2) is 34.9 Å². The fraction of sp³-hybridized carbons (Fsp3) is 0.667. The molecule has 2 aliphatic rings. The van der Waals surface area contributed by atoms with Crippen LogP contribution in [0.5, 0.6) is 0 Å². The first-order valence-electron chi connectivity index (χ1n) is 10.1. The summed E-state index contributed by atoms with van der Waals surface area (Å²) < 4.78 is 0. The number of likely N-dealkylation sites (tertiary alicyclic amines) is 1. The molecule has 0 radical (unpaired) electrons. The minimum Gasteiger partial charge on any atom is -0.352 e. The molecule has 5 heteroatoms. The second-order valence-electron chi connectivity index (χ2n) is 7.50. The van der Waals surface area contributed by atoms with Gasteiger partial charge in [0.05, 0.1) is 0 Å². The van der Waals surface area contributed by atoms with Gasteiger partial charge in [0.15, 0.2) is 0 Å². The van der Waals surface area contributed by atoms with Crippen LogP contribution in [0, 0.1) is 0 Å². The van der Waals surface area contributed by atoms with Crippen LogP contribution >= 0.6 is 21.6 Å². The molecule has 0 bridgehead atoms. The number of nitrogens with zero attached hydrogens (tertiary/aromatic N) is 1. The predicted octanol–water partition coefficient (Wildman–Crippen LogP) is 5.00. The highest BCUT2D eigenvalue weighted by molar-refractivity contribution is 8.77. The standard InChI is InChI=1S/C21H32N2OS2/c24-21(7-3-2-6-20-12-15-25-26-20)22-16-18-8-10-19(11-9-18)17-23-13-4-1-5-14-23/h8-11,20H,1-7,12-17H2,(H,22,24)/t20-/m1/s1. The first-order valence-corrected chi connectivity index (χ1v) is 12.5. The van der Waals surface area contributed by atoms with E-state index < -0.39 is 0 Å². The minimum atomic E-state index is 0.191. The van der Waals surface area contributed by atoms with Gasteiger partial charge in [0.2, 0.25) is 5.91 Å². The summed E-state index contributed by atoms with van der Waals surface area (Å²) in [5.41, 5.74) is 2.57. The Kier molecular flexibility index (Phi) is 8.70. The third-order valence-electron chi connectivity index (χ3n) is 5.27. The number of carbonyl (C=O) groups excluding carboxylic acids is 1. The highest BCUT2D eigenvalue weighted by Crippen LogP contribution is 2.39. The molecule has 3 rings (SSSR count). The quantitative estimate of drug-likeness (QED) is 0.473. The van der Waals surface area contributed by atoms with Crippen LogP contribution in [0.25, 0.3) is 0 Å². The normalized spacial score (nSPS) is 21.0. The minimum absolute atomic E-state index is 0.191. The third kappa shape index (κ3) is 7.16. The Labute approximate surface area is 166 Å². The largest absolute Gasteiger partial charge is 0.352 e. The molecule has 2 saturated heterocycles. The van der Waals surface area contributed by atoms with Crippen molar-refractivity contribution in [3.8, 4) is 0 Å². The number of carbonyl (C=O) groups is 1. The number of amides is 1. The molecule has 2 fully saturated rings. The summed E-state index contributed by atoms with van der Waals surface area (Å²) in [6.07, 6.45) is 9.52. The van der Waals surface area contributed by atoms with Crippen LogP contribution in [0.1, 0.15) is 62.5 Å². The Morgan fingerprint density at radius 3 is 2.58 bits per heavy atom. The van der Waals surface area contributed by atoms with Gasteiger partial charge in [-0.05, 0) is 56.3 Å².